The molecule has 0 aliphatic carbocycles. The molecule has 0 fully saturated rings. The highest BCUT2D eigenvalue weighted by molar-refractivity contribution is 5.72. The van der Waals surface area contributed by atoms with Crippen molar-refractivity contribution in [3.8, 4) is 0 Å². The molecule has 2 heterocycles. The second kappa shape index (κ2) is 11.1. The van der Waals surface area contributed by atoms with Gasteiger partial charge in [-0.05, 0) is 85.3 Å². The van der Waals surface area contributed by atoms with Gasteiger partial charge in [-0.25, -0.2) is 18.3 Å². The summed E-state index contributed by atoms with van der Waals surface area (Å²) in [6.45, 7) is 13.9. The Kier molecular flexibility index (Phi) is 7.63. The van der Waals surface area contributed by atoms with Crippen molar-refractivity contribution in [1.29, 1.82) is 0 Å². The maximum Gasteiger partial charge on any atom is 0.245 e. The Morgan fingerprint density at radius 3 is 1.32 bits per heavy atom. The van der Waals surface area contributed by atoms with E-state index in [2.05, 4.69) is 107 Å². The van der Waals surface area contributed by atoms with E-state index in [1.807, 2.05) is 0 Å². The molecule has 0 amide bonds. The van der Waals surface area contributed by atoms with Crippen molar-refractivity contribution in [2.45, 2.75) is 53.9 Å². The number of nitrogens with zero attached hydrogens (tertiary/aromatic N) is 4. The number of methoxy groups -OCH3 is 2. The molecule has 0 radical (unpaired) electrons. The van der Waals surface area contributed by atoms with Gasteiger partial charge in [-0.15, -0.1) is 0 Å². The van der Waals surface area contributed by atoms with Crippen molar-refractivity contribution in [3.05, 3.63) is 94.6 Å². The summed E-state index contributed by atoms with van der Waals surface area (Å²) in [6.07, 6.45) is 4.48. The van der Waals surface area contributed by atoms with Crippen LogP contribution in [0.4, 0.5) is 0 Å². The third kappa shape index (κ3) is 4.74. The zero-order chi connectivity index (χ0) is 26.8. The summed E-state index contributed by atoms with van der Waals surface area (Å²) in [5, 5.41) is 0. The highest BCUT2D eigenvalue weighted by atomic mass is 16.5. The minimum absolute atomic E-state index is 0.698. The van der Waals surface area contributed by atoms with Gasteiger partial charge < -0.3 is 9.47 Å². The zero-order valence-electron chi connectivity index (χ0n) is 23.6. The van der Waals surface area contributed by atoms with E-state index in [0.29, 0.717) is 13.2 Å². The van der Waals surface area contributed by atoms with Crippen molar-refractivity contribution >= 4 is 22.1 Å². The molecule has 6 heteroatoms. The fourth-order valence-corrected chi connectivity index (χ4v) is 5.76. The topological polar surface area (TPSA) is 36.1 Å². The normalized spacial score (nSPS) is 11.7. The van der Waals surface area contributed by atoms with Gasteiger partial charge in [-0.1, -0.05) is 24.3 Å². The van der Waals surface area contributed by atoms with E-state index in [-0.39, 0.29) is 0 Å². The number of para-hydroxylation sites is 4. The number of rotatable bonds is 10. The van der Waals surface area contributed by atoms with Gasteiger partial charge in [0.1, 0.15) is 26.2 Å². The molecule has 0 N–H and O–H groups in total. The number of hydrogen-bond donors (Lipinski definition) is 0. The Morgan fingerprint density at radius 1 is 0.579 bits per heavy atom. The summed E-state index contributed by atoms with van der Waals surface area (Å²) >= 11 is 0. The van der Waals surface area contributed by atoms with E-state index in [9.17, 15) is 0 Å². The molecule has 0 bridgehead atoms. The highest BCUT2D eigenvalue weighted by Gasteiger charge is 2.23. The quantitative estimate of drug-likeness (QED) is 0.252. The van der Waals surface area contributed by atoms with Crippen molar-refractivity contribution in [1.82, 2.24) is 9.13 Å². The van der Waals surface area contributed by atoms with Crippen molar-refractivity contribution < 1.29 is 18.6 Å². The van der Waals surface area contributed by atoms with Crippen molar-refractivity contribution in [2.24, 2.45) is 0 Å². The molecule has 0 saturated carbocycles. The van der Waals surface area contributed by atoms with Crippen LogP contribution in [0.5, 0.6) is 0 Å². The average Bonchev–Trinajstić information content (AvgIpc) is 3.47. The van der Waals surface area contributed by atoms with Crippen LogP contribution in [0.1, 0.15) is 33.4 Å². The van der Waals surface area contributed by atoms with Gasteiger partial charge in [0.05, 0.1) is 13.2 Å². The monoisotopic (exact) mass is 512 g/mol. The van der Waals surface area contributed by atoms with Gasteiger partial charge in [0.25, 0.3) is 0 Å². The molecule has 6 nitrogen and oxygen atoms in total. The first-order chi connectivity index (χ1) is 18.4. The lowest BCUT2D eigenvalue weighted by molar-refractivity contribution is -0.664. The molecular formula is C32H40N4O2+2. The molecule has 0 aliphatic rings. The first-order valence-electron chi connectivity index (χ1n) is 13.4. The second-order valence-electron chi connectivity index (χ2n) is 10.3. The summed E-state index contributed by atoms with van der Waals surface area (Å²) in [6, 6.07) is 17.3. The highest BCUT2D eigenvalue weighted by Crippen LogP contribution is 2.27. The maximum atomic E-state index is 5.36. The third-order valence-corrected chi connectivity index (χ3v) is 8.22. The summed E-state index contributed by atoms with van der Waals surface area (Å²) in [5.41, 5.74) is 13.3. The summed E-state index contributed by atoms with van der Waals surface area (Å²) in [7, 11) is 3.52. The van der Waals surface area contributed by atoms with Gasteiger partial charge in [0.2, 0.25) is 12.7 Å². The number of fused-ring (bicyclic) bond motifs is 2. The fourth-order valence-electron chi connectivity index (χ4n) is 5.76. The molecule has 3 aromatic carbocycles. The fraction of sp³-hybridized carbons (Fsp3) is 0.375. The lowest BCUT2D eigenvalue weighted by Crippen LogP contribution is -2.36. The molecule has 0 unspecified atom stereocenters. The Bertz CT molecular complexity index is 1450. The van der Waals surface area contributed by atoms with Crippen LogP contribution in [0.15, 0.2) is 61.2 Å². The van der Waals surface area contributed by atoms with Crippen molar-refractivity contribution in [2.75, 3.05) is 27.4 Å². The van der Waals surface area contributed by atoms with Crippen LogP contribution in [0.2, 0.25) is 0 Å². The molecule has 2 aromatic heterocycles. The standard InChI is InChI=1S/C32H40N4O2/c1-23-24(2)28(20-36-22-34(16-18-38-6)30-12-8-10-14-32(30)36)26(4)25(3)27(23)19-35-21-33(15-17-37-5)29-11-7-9-13-31(29)35/h7-14,21-22H,15-20H2,1-6H3/q+2. The predicted octanol–water partition coefficient (Wildman–Crippen LogP) is 4.79. The molecule has 0 spiro atoms. The first-order valence-corrected chi connectivity index (χ1v) is 13.4. The summed E-state index contributed by atoms with van der Waals surface area (Å²) < 4.78 is 20.1. The third-order valence-electron chi connectivity index (χ3n) is 8.22. The molecule has 5 rings (SSSR count). The first kappa shape index (κ1) is 26.1. The number of hydrogen-bond acceptors (Lipinski definition) is 2. The van der Waals surface area contributed by atoms with Crippen LogP contribution in [0.3, 0.4) is 0 Å². The Morgan fingerprint density at radius 2 is 0.947 bits per heavy atom. The van der Waals surface area contributed by atoms with E-state index in [1.54, 1.807) is 14.2 Å². The Labute approximate surface area is 225 Å². The number of imidazole rings is 2. The SMILES string of the molecule is COCCn1c[n+](Cc2c(C)c(C)c(C[n+]3cn(CCOC)c4ccccc43)c(C)c2C)c2ccccc21. The zero-order valence-corrected chi connectivity index (χ0v) is 23.6. The lowest BCUT2D eigenvalue weighted by atomic mass is 9.88. The smallest absolute Gasteiger partial charge is 0.245 e. The summed E-state index contributed by atoms with van der Waals surface area (Å²) in [5.74, 6) is 0. The minimum atomic E-state index is 0.698. The Hall–Kier alpha value is -3.48. The van der Waals surface area contributed by atoms with Gasteiger partial charge >= 0.3 is 0 Å². The van der Waals surface area contributed by atoms with Crippen LogP contribution in [-0.2, 0) is 35.7 Å². The average molecular weight is 513 g/mol. The van der Waals surface area contributed by atoms with Crippen LogP contribution >= 0.6 is 0 Å². The van der Waals surface area contributed by atoms with Gasteiger partial charge in [0.15, 0.2) is 22.1 Å². The molecule has 0 saturated heterocycles. The maximum absolute atomic E-state index is 5.36. The number of aromatic nitrogens is 4. The van der Waals surface area contributed by atoms with E-state index >= 15 is 0 Å². The van der Waals surface area contributed by atoms with Crippen LogP contribution < -0.4 is 9.13 Å². The molecule has 38 heavy (non-hydrogen) atoms. The van der Waals surface area contributed by atoms with Crippen LogP contribution in [0.25, 0.3) is 22.1 Å². The van der Waals surface area contributed by atoms with Crippen LogP contribution in [0, 0.1) is 27.7 Å². The number of ether oxygens (including phenoxy) is 2. The Balaban J connectivity index is 1.53. The predicted molar refractivity (Wildman–Crippen MR) is 152 cm³/mol. The number of benzene rings is 3. The summed E-state index contributed by atoms with van der Waals surface area (Å²) in [4.78, 5) is 0. The molecular weight excluding hydrogens is 472 g/mol. The largest absolute Gasteiger partial charge is 0.381 e. The molecule has 0 atom stereocenters. The van der Waals surface area contributed by atoms with Crippen LogP contribution in [-0.4, -0.2) is 36.6 Å². The molecule has 5 aromatic rings. The van der Waals surface area contributed by atoms with E-state index in [4.69, 9.17) is 9.47 Å². The van der Waals surface area contributed by atoms with Gasteiger partial charge in [0, 0.05) is 14.2 Å². The molecule has 198 valence electrons. The van der Waals surface area contributed by atoms with E-state index < -0.39 is 0 Å². The van der Waals surface area contributed by atoms with Gasteiger partial charge in [-0.2, -0.15) is 0 Å². The van der Waals surface area contributed by atoms with E-state index in [1.165, 1.54) is 55.4 Å². The lowest BCUT2D eigenvalue weighted by Gasteiger charge is -2.19. The van der Waals surface area contributed by atoms with E-state index in [0.717, 1.165) is 26.2 Å². The molecule has 0 aliphatic heterocycles. The van der Waals surface area contributed by atoms with Crippen molar-refractivity contribution in [3.63, 3.8) is 0 Å². The van der Waals surface area contributed by atoms with Gasteiger partial charge in [-0.3, -0.25) is 0 Å². The minimum Gasteiger partial charge on any atom is -0.381 e. The second-order valence-corrected chi connectivity index (χ2v) is 10.3.